The Kier molecular flexibility index (Phi) is 3.94. The maximum Gasteiger partial charge on any atom is 0.248 e. The fraction of sp³-hybridized carbons (Fsp3) is 0.500. The van der Waals surface area contributed by atoms with Crippen LogP contribution in [-0.2, 0) is 0 Å². The molecule has 1 aliphatic rings. The fourth-order valence-electron chi connectivity index (χ4n) is 2.45. The maximum absolute atomic E-state index is 13.2. The number of nitrogens with one attached hydrogen (secondary N) is 1. The second-order valence-corrected chi connectivity index (χ2v) is 6.36. The highest BCUT2D eigenvalue weighted by molar-refractivity contribution is 7.13. The lowest BCUT2D eigenvalue weighted by Gasteiger charge is -2.29. The van der Waals surface area contributed by atoms with Gasteiger partial charge in [-0.15, -0.1) is 11.3 Å². The number of hydrogen-bond acceptors (Lipinski definition) is 6. The van der Waals surface area contributed by atoms with E-state index < -0.39 is 5.92 Å². The predicted octanol–water partition coefficient (Wildman–Crippen LogP) is 3.60. The minimum atomic E-state index is -2.56. The third-order valence-corrected chi connectivity index (χ3v) is 4.55. The van der Waals surface area contributed by atoms with Crippen molar-refractivity contribution in [3.63, 3.8) is 0 Å². The zero-order valence-electron chi connectivity index (χ0n) is 12.0. The van der Waals surface area contributed by atoms with Gasteiger partial charge in [-0.05, 0) is 19.8 Å². The average Bonchev–Trinajstić information content (AvgIpc) is 2.87. The lowest BCUT2D eigenvalue weighted by molar-refractivity contribution is -0.0361. The summed E-state index contributed by atoms with van der Waals surface area (Å²) >= 11 is 1.39. The largest absolute Gasteiger partial charge is 0.493 e. The number of anilines is 1. The van der Waals surface area contributed by atoms with Gasteiger partial charge in [-0.25, -0.2) is 18.7 Å². The third-order valence-electron chi connectivity index (χ3n) is 3.59. The van der Waals surface area contributed by atoms with E-state index in [4.69, 9.17) is 0 Å². The number of aryl methyl sites for hydroxylation is 1. The molecule has 2 aromatic heterocycles. The molecule has 2 heterocycles. The highest BCUT2D eigenvalue weighted by Gasteiger charge is 2.35. The van der Waals surface area contributed by atoms with Crippen LogP contribution >= 0.6 is 11.3 Å². The van der Waals surface area contributed by atoms with Gasteiger partial charge in [-0.3, -0.25) is 0 Å². The molecular formula is C14H16F2N4OS. The zero-order chi connectivity index (χ0) is 15.7. The Morgan fingerprint density at radius 1 is 1.27 bits per heavy atom. The summed E-state index contributed by atoms with van der Waals surface area (Å²) in [5, 5.41) is 15.3. The van der Waals surface area contributed by atoms with E-state index >= 15 is 0 Å². The second-order valence-electron chi connectivity index (χ2n) is 5.50. The van der Waals surface area contributed by atoms with Crippen LogP contribution in [0.5, 0.6) is 5.88 Å². The summed E-state index contributed by atoms with van der Waals surface area (Å²) in [4.78, 5) is 12.6. The van der Waals surface area contributed by atoms with Crippen LogP contribution in [0.1, 0.15) is 31.4 Å². The summed E-state index contributed by atoms with van der Waals surface area (Å²) in [7, 11) is 0. The predicted molar refractivity (Wildman–Crippen MR) is 80.4 cm³/mol. The van der Waals surface area contributed by atoms with E-state index in [0.717, 1.165) is 5.69 Å². The smallest absolute Gasteiger partial charge is 0.248 e. The molecule has 0 saturated heterocycles. The van der Waals surface area contributed by atoms with Crippen LogP contribution in [0.2, 0.25) is 0 Å². The van der Waals surface area contributed by atoms with Gasteiger partial charge >= 0.3 is 0 Å². The van der Waals surface area contributed by atoms with Gasteiger partial charge in [0, 0.05) is 36.0 Å². The van der Waals surface area contributed by atoms with Gasteiger partial charge in [0.2, 0.25) is 11.8 Å². The Hall–Kier alpha value is -1.83. The molecule has 0 unspecified atom stereocenters. The van der Waals surface area contributed by atoms with E-state index in [0.29, 0.717) is 29.5 Å². The van der Waals surface area contributed by atoms with Crippen LogP contribution in [0.3, 0.4) is 0 Å². The van der Waals surface area contributed by atoms with Gasteiger partial charge in [-0.2, -0.15) is 4.98 Å². The molecule has 22 heavy (non-hydrogen) atoms. The third kappa shape index (κ3) is 3.49. The molecule has 8 heteroatoms. The standard InChI is InChI=1S/C14H16F2N4OS/c1-8-7-22-13(17-8)12-19-10(6-11(21)20-12)18-9-2-4-14(15,16)5-3-9/h6-7,9H,2-5H2,1H3,(H2,18,19,20,21). The molecule has 0 spiro atoms. The molecule has 0 aliphatic heterocycles. The van der Waals surface area contributed by atoms with Gasteiger partial charge in [-0.1, -0.05) is 0 Å². The summed E-state index contributed by atoms with van der Waals surface area (Å²) in [5.74, 6) is -1.95. The molecule has 0 radical (unpaired) electrons. The van der Waals surface area contributed by atoms with E-state index in [-0.39, 0.29) is 24.8 Å². The molecule has 2 N–H and O–H groups in total. The van der Waals surface area contributed by atoms with Crippen molar-refractivity contribution >= 4 is 17.2 Å². The molecule has 1 fully saturated rings. The van der Waals surface area contributed by atoms with E-state index in [1.807, 2.05) is 12.3 Å². The van der Waals surface area contributed by atoms with Crippen molar-refractivity contribution in [2.75, 3.05) is 5.32 Å². The molecule has 1 saturated carbocycles. The first-order valence-corrected chi connectivity index (χ1v) is 7.94. The van der Waals surface area contributed by atoms with Gasteiger partial charge in [0.15, 0.2) is 10.8 Å². The Bertz CT molecular complexity index is 667. The number of aromatic nitrogens is 3. The first-order chi connectivity index (χ1) is 10.4. The average molecular weight is 326 g/mol. The Balaban J connectivity index is 1.76. The summed E-state index contributed by atoms with van der Waals surface area (Å²) in [5.41, 5.74) is 0.857. The molecule has 0 aromatic carbocycles. The summed E-state index contributed by atoms with van der Waals surface area (Å²) in [6.45, 7) is 1.87. The van der Waals surface area contributed by atoms with Crippen LogP contribution in [0.4, 0.5) is 14.6 Å². The topological polar surface area (TPSA) is 70.9 Å². The minimum Gasteiger partial charge on any atom is -0.493 e. The molecule has 0 atom stereocenters. The second kappa shape index (κ2) is 5.75. The molecular weight excluding hydrogens is 310 g/mol. The molecule has 0 amide bonds. The van der Waals surface area contributed by atoms with E-state index in [9.17, 15) is 13.9 Å². The molecule has 2 aromatic rings. The van der Waals surface area contributed by atoms with E-state index in [2.05, 4.69) is 20.3 Å². The lowest BCUT2D eigenvalue weighted by Crippen LogP contribution is -2.32. The van der Waals surface area contributed by atoms with Gasteiger partial charge < -0.3 is 10.4 Å². The quantitative estimate of drug-likeness (QED) is 0.902. The first kappa shape index (κ1) is 15.1. The van der Waals surface area contributed by atoms with Crippen molar-refractivity contribution in [2.24, 2.45) is 0 Å². The van der Waals surface area contributed by atoms with Crippen molar-refractivity contribution in [2.45, 2.75) is 44.6 Å². The maximum atomic E-state index is 13.2. The highest BCUT2D eigenvalue weighted by atomic mass is 32.1. The van der Waals surface area contributed by atoms with Crippen LogP contribution in [0, 0.1) is 6.92 Å². The Morgan fingerprint density at radius 2 is 2.00 bits per heavy atom. The van der Waals surface area contributed by atoms with E-state index in [1.165, 1.54) is 17.4 Å². The first-order valence-electron chi connectivity index (χ1n) is 7.06. The number of hydrogen-bond donors (Lipinski definition) is 2. The van der Waals surface area contributed by atoms with Crippen molar-refractivity contribution < 1.29 is 13.9 Å². The monoisotopic (exact) mass is 326 g/mol. The normalized spacial score (nSPS) is 18.3. The molecule has 5 nitrogen and oxygen atoms in total. The Morgan fingerprint density at radius 3 is 2.64 bits per heavy atom. The van der Waals surface area contributed by atoms with Gasteiger partial charge in [0.25, 0.3) is 0 Å². The number of nitrogens with zero attached hydrogens (tertiary/aromatic N) is 3. The van der Waals surface area contributed by atoms with Crippen molar-refractivity contribution in [1.82, 2.24) is 15.0 Å². The van der Waals surface area contributed by atoms with Crippen molar-refractivity contribution in [1.29, 1.82) is 0 Å². The fourth-order valence-corrected chi connectivity index (χ4v) is 3.18. The minimum absolute atomic E-state index is 0.0696. The van der Waals surface area contributed by atoms with Crippen LogP contribution in [-0.4, -0.2) is 32.0 Å². The molecule has 3 rings (SSSR count). The number of aromatic hydroxyl groups is 1. The van der Waals surface area contributed by atoms with E-state index in [1.54, 1.807) is 0 Å². The van der Waals surface area contributed by atoms with Gasteiger partial charge in [0.05, 0.1) is 0 Å². The SMILES string of the molecule is Cc1csc(-c2nc(O)cc(NC3CCC(F)(F)CC3)n2)n1. The molecule has 118 valence electrons. The molecule has 1 aliphatic carbocycles. The van der Waals surface area contributed by atoms with Crippen LogP contribution < -0.4 is 5.32 Å². The summed E-state index contributed by atoms with van der Waals surface area (Å²) in [6, 6.07) is 1.33. The Labute approximate surface area is 130 Å². The van der Waals surface area contributed by atoms with Crippen molar-refractivity contribution in [3.05, 3.63) is 17.1 Å². The van der Waals surface area contributed by atoms with Crippen molar-refractivity contribution in [3.8, 4) is 16.7 Å². The van der Waals surface area contributed by atoms with Crippen LogP contribution in [0.25, 0.3) is 10.8 Å². The number of alkyl halides is 2. The number of halogens is 2. The zero-order valence-corrected chi connectivity index (χ0v) is 12.8. The lowest BCUT2D eigenvalue weighted by atomic mass is 9.92. The highest BCUT2D eigenvalue weighted by Crippen LogP contribution is 2.34. The molecule has 0 bridgehead atoms. The van der Waals surface area contributed by atoms with Crippen LogP contribution in [0.15, 0.2) is 11.4 Å². The summed E-state index contributed by atoms with van der Waals surface area (Å²) in [6.07, 6.45) is 0.507. The summed E-state index contributed by atoms with van der Waals surface area (Å²) < 4.78 is 26.3. The number of thiazole rings is 1. The van der Waals surface area contributed by atoms with Gasteiger partial charge in [0.1, 0.15) is 5.82 Å². The number of rotatable bonds is 3.